The average Bonchev–Trinajstić information content (AvgIpc) is 3.31. The second-order valence-corrected chi connectivity index (χ2v) is 8.04. The molecule has 4 heterocycles. The molecule has 0 aromatic carbocycles. The number of hydrogen-bond acceptors (Lipinski definition) is 5. The van der Waals surface area contributed by atoms with Crippen molar-refractivity contribution in [3.8, 4) is 0 Å². The van der Waals surface area contributed by atoms with Crippen LogP contribution in [0.1, 0.15) is 30.2 Å². The molecule has 0 aliphatic carbocycles. The van der Waals surface area contributed by atoms with Gasteiger partial charge >= 0.3 is 0 Å². The van der Waals surface area contributed by atoms with Crippen molar-refractivity contribution in [1.82, 2.24) is 9.80 Å². The van der Waals surface area contributed by atoms with E-state index in [0.717, 1.165) is 58.7 Å². The predicted octanol–water partition coefficient (Wildman–Crippen LogP) is 2.11. The Morgan fingerprint density at radius 1 is 1.25 bits per heavy atom. The summed E-state index contributed by atoms with van der Waals surface area (Å²) >= 11 is 1.82. The SMILES string of the molecule is CC(C(=O)N1CCc2sccc2C1)N1CCC(C2OCCO2)CC1. The van der Waals surface area contributed by atoms with Crippen LogP contribution in [-0.2, 0) is 27.2 Å². The van der Waals surface area contributed by atoms with Gasteiger partial charge < -0.3 is 14.4 Å². The molecule has 0 N–H and O–H groups in total. The number of amides is 1. The lowest BCUT2D eigenvalue weighted by Gasteiger charge is -2.39. The molecule has 1 unspecified atom stereocenters. The van der Waals surface area contributed by atoms with Gasteiger partial charge in [-0.05, 0) is 56.3 Å². The highest BCUT2D eigenvalue weighted by Gasteiger charge is 2.34. The number of piperidine rings is 1. The maximum absolute atomic E-state index is 12.9. The minimum atomic E-state index is -0.0310. The zero-order valence-electron chi connectivity index (χ0n) is 14.3. The first kappa shape index (κ1) is 16.5. The highest BCUT2D eigenvalue weighted by molar-refractivity contribution is 7.10. The highest BCUT2D eigenvalue weighted by atomic mass is 32.1. The third-order valence-corrected chi connectivity index (χ3v) is 6.65. The summed E-state index contributed by atoms with van der Waals surface area (Å²) in [7, 11) is 0. The average molecular weight is 350 g/mol. The van der Waals surface area contributed by atoms with Gasteiger partial charge in [0.15, 0.2) is 6.29 Å². The van der Waals surface area contributed by atoms with Crippen LogP contribution in [0.15, 0.2) is 11.4 Å². The molecule has 3 aliphatic rings. The minimum Gasteiger partial charge on any atom is -0.350 e. The molecular formula is C18H26N2O3S. The van der Waals surface area contributed by atoms with Crippen molar-refractivity contribution in [2.45, 2.75) is 45.1 Å². The van der Waals surface area contributed by atoms with Crippen molar-refractivity contribution < 1.29 is 14.3 Å². The topological polar surface area (TPSA) is 42.0 Å². The molecule has 24 heavy (non-hydrogen) atoms. The number of hydrogen-bond donors (Lipinski definition) is 0. The van der Waals surface area contributed by atoms with Gasteiger partial charge in [-0.3, -0.25) is 9.69 Å². The first-order valence-corrected chi connectivity index (χ1v) is 9.91. The van der Waals surface area contributed by atoms with Crippen LogP contribution in [0.25, 0.3) is 0 Å². The molecule has 5 nitrogen and oxygen atoms in total. The van der Waals surface area contributed by atoms with Crippen molar-refractivity contribution in [1.29, 1.82) is 0 Å². The summed E-state index contributed by atoms with van der Waals surface area (Å²) in [6.07, 6.45) is 3.09. The van der Waals surface area contributed by atoms with Crippen molar-refractivity contribution in [3.05, 3.63) is 21.9 Å². The first-order chi connectivity index (χ1) is 11.7. The fraction of sp³-hybridized carbons (Fsp3) is 0.722. The van der Waals surface area contributed by atoms with E-state index >= 15 is 0 Å². The van der Waals surface area contributed by atoms with Crippen molar-refractivity contribution in [3.63, 3.8) is 0 Å². The lowest BCUT2D eigenvalue weighted by molar-refractivity contribution is -0.139. The van der Waals surface area contributed by atoms with E-state index in [1.165, 1.54) is 10.4 Å². The molecule has 1 atom stereocenters. The fourth-order valence-corrected chi connectivity index (χ4v) is 4.97. The Hall–Kier alpha value is -0.950. The van der Waals surface area contributed by atoms with Crippen LogP contribution in [-0.4, -0.2) is 60.9 Å². The monoisotopic (exact) mass is 350 g/mol. The molecule has 2 saturated heterocycles. The van der Waals surface area contributed by atoms with Gasteiger partial charge in [0, 0.05) is 23.9 Å². The standard InChI is InChI=1S/C18H26N2O3S/c1-13(17(21)20-8-4-16-15(12-20)5-11-24-16)19-6-2-14(3-7-19)18-22-9-10-23-18/h5,11,13-14,18H,2-4,6-10,12H2,1H3. The van der Waals surface area contributed by atoms with E-state index in [0.29, 0.717) is 5.92 Å². The van der Waals surface area contributed by atoms with Crippen LogP contribution in [0.4, 0.5) is 0 Å². The van der Waals surface area contributed by atoms with Gasteiger partial charge in [0.25, 0.3) is 0 Å². The van der Waals surface area contributed by atoms with Gasteiger partial charge in [-0.2, -0.15) is 0 Å². The number of thiophene rings is 1. The summed E-state index contributed by atoms with van der Waals surface area (Å²) in [5.41, 5.74) is 1.33. The second-order valence-electron chi connectivity index (χ2n) is 7.04. The summed E-state index contributed by atoms with van der Waals surface area (Å²) in [6.45, 7) is 7.06. The number of rotatable bonds is 3. The van der Waals surface area contributed by atoms with E-state index in [-0.39, 0.29) is 18.2 Å². The molecule has 1 aromatic heterocycles. The molecule has 0 spiro atoms. The quantitative estimate of drug-likeness (QED) is 0.837. The van der Waals surface area contributed by atoms with Crippen molar-refractivity contribution >= 4 is 17.2 Å². The Balaban J connectivity index is 1.31. The molecule has 0 bridgehead atoms. The third kappa shape index (κ3) is 3.25. The maximum atomic E-state index is 12.9. The molecule has 3 aliphatic heterocycles. The smallest absolute Gasteiger partial charge is 0.239 e. The molecule has 0 saturated carbocycles. The second kappa shape index (κ2) is 7.12. The molecular weight excluding hydrogens is 324 g/mol. The minimum absolute atomic E-state index is 0.0164. The third-order valence-electron chi connectivity index (χ3n) is 5.63. The first-order valence-electron chi connectivity index (χ1n) is 9.03. The van der Waals surface area contributed by atoms with Crippen molar-refractivity contribution in [2.75, 3.05) is 32.8 Å². The number of carbonyl (C=O) groups excluding carboxylic acids is 1. The van der Waals surface area contributed by atoms with E-state index in [1.807, 2.05) is 16.2 Å². The van der Waals surface area contributed by atoms with Gasteiger partial charge in [-0.1, -0.05) is 0 Å². The van der Waals surface area contributed by atoms with Gasteiger partial charge in [0.05, 0.1) is 19.3 Å². The fourth-order valence-electron chi connectivity index (χ4n) is 4.08. The van der Waals surface area contributed by atoms with Crippen LogP contribution in [0.5, 0.6) is 0 Å². The lowest BCUT2D eigenvalue weighted by atomic mass is 9.95. The van der Waals surface area contributed by atoms with Crippen LogP contribution in [0, 0.1) is 5.92 Å². The Morgan fingerprint density at radius 3 is 2.75 bits per heavy atom. The summed E-state index contributed by atoms with van der Waals surface area (Å²) in [5, 5.41) is 2.14. The van der Waals surface area contributed by atoms with Gasteiger partial charge in [-0.25, -0.2) is 0 Å². The number of carbonyl (C=O) groups is 1. The van der Waals surface area contributed by atoms with E-state index in [1.54, 1.807) is 0 Å². The molecule has 1 aromatic rings. The molecule has 6 heteroatoms. The number of likely N-dealkylation sites (tertiary alicyclic amines) is 1. The number of ether oxygens (including phenoxy) is 2. The van der Waals surface area contributed by atoms with E-state index in [2.05, 4.69) is 23.3 Å². The van der Waals surface area contributed by atoms with Crippen molar-refractivity contribution in [2.24, 2.45) is 5.92 Å². The summed E-state index contributed by atoms with van der Waals surface area (Å²) in [4.78, 5) is 18.7. The normalized spacial score (nSPS) is 25.0. The van der Waals surface area contributed by atoms with Crippen LogP contribution in [0.3, 0.4) is 0 Å². The Morgan fingerprint density at radius 2 is 2.00 bits per heavy atom. The van der Waals surface area contributed by atoms with Gasteiger partial charge in [0.2, 0.25) is 5.91 Å². The molecule has 132 valence electrons. The van der Waals surface area contributed by atoms with E-state index in [9.17, 15) is 4.79 Å². The van der Waals surface area contributed by atoms with Gasteiger partial charge in [-0.15, -0.1) is 11.3 Å². The zero-order chi connectivity index (χ0) is 16.5. The Kier molecular flexibility index (Phi) is 4.90. The summed E-state index contributed by atoms with van der Waals surface area (Å²) in [5.74, 6) is 0.757. The van der Waals surface area contributed by atoms with E-state index < -0.39 is 0 Å². The lowest BCUT2D eigenvalue weighted by Crippen LogP contribution is -2.51. The van der Waals surface area contributed by atoms with E-state index in [4.69, 9.17) is 9.47 Å². The van der Waals surface area contributed by atoms with Crippen LogP contribution < -0.4 is 0 Å². The predicted molar refractivity (Wildman–Crippen MR) is 92.9 cm³/mol. The van der Waals surface area contributed by atoms with Crippen LogP contribution in [0.2, 0.25) is 0 Å². The largest absolute Gasteiger partial charge is 0.350 e. The number of nitrogens with zero attached hydrogens (tertiary/aromatic N) is 2. The Bertz CT molecular complexity index is 577. The van der Waals surface area contributed by atoms with Crippen LogP contribution >= 0.6 is 11.3 Å². The Labute approximate surface area is 147 Å². The molecule has 1 amide bonds. The van der Waals surface area contributed by atoms with Gasteiger partial charge in [0.1, 0.15) is 0 Å². The number of fused-ring (bicyclic) bond motifs is 1. The summed E-state index contributed by atoms with van der Waals surface area (Å²) in [6, 6.07) is 2.13. The maximum Gasteiger partial charge on any atom is 0.239 e. The molecule has 0 radical (unpaired) electrons. The zero-order valence-corrected chi connectivity index (χ0v) is 15.1. The molecule has 2 fully saturated rings. The summed E-state index contributed by atoms with van der Waals surface area (Å²) < 4.78 is 11.3. The highest BCUT2D eigenvalue weighted by Crippen LogP contribution is 2.28. The molecule has 4 rings (SSSR count).